The Balaban J connectivity index is 2.89. The van der Waals surface area contributed by atoms with Crippen molar-refractivity contribution in [2.24, 2.45) is 5.73 Å². The van der Waals surface area contributed by atoms with Gasteiger partial charge in [0.15, 0.2) is 0 Å². The standard InChI is InChI=1S/C15H19F3N2O4S/c1-25-5-4-10(19)13(22)20-11(14(23)24)7-8-2-3-12(21)9(6-8)15(16,17)18/h2-3,6,10-11,21H,4-5,7,19H2,1H3,(H,20,22)(H,23,24)/t10-,11-/m0/s1. The molecule has 0 aliphatic rings. The van der Waals surface area contributed by atoms with E-state index in [1.807, 2.05) is 6.26 Å². The van der Waals surface area contributed by atoms with E-state index in [1.54, 1.807) is 0 Å². The van der Waals surface area contributed by atoms with Gasteiger partial charge in [0.2, 0.25) is 5.91 Å². The van der Waals surface area contributed by atoms with E-state index in [-0.39, 0.29) is 12.0 Å². The Hall–Kier alpha value is -1.94. The number of hydrogen-bond acceptors (Lipinski definition) is 5. The molecule has 0 aliphatic heterocycles. The van der Waals surface area contributed by atoms with Crippen LogP contribution in [0.3, 0.4) is 0 Å². The van der Waals surface area contributed by atoms with Crippen LogP contribution >= 0.6 is 11.8 Å². The molecule has 1 rings (SSSR count). The first-order valence-electron chi connectivity index (χ1n) is 7.23. The highest BCUT2D eigenvalue weighted by Crippen LogP contribution is 2.36. The number of nitrogens with two attached hydrogens (primary N) is 1. The van der Waals surface area contributed by atoms with E-state index in [4.69, 9.17) is 5.73 Å². The maximum atomic E-state index is 12.8. The number of rotatable bonds is 8. The molecule has 0 aromatic heterocycles. The average molecular weight is 380 g/mol. The lowest BCUT2D eigenvalue weighted by molar-refractivity contribution is -0.142. The van der Waals surface area contributed by atoms with Gasteiger partial charge in [-0.15, -0.1) is 0 Å². The number of aliphatic carboxylic acids is 1. The summed E-state index contributed by atoms with van der Waals surface area (Å²) in [7, 11) is 0. The number of benzene rings is 1. The first-order valence-corrected chi connectivity index (χ1v) is 8.62. The zero-order valence-corrected chi connectivity index (χ0v) is 14.2. The Morgan fingerprint density at radius 1 is 1.36 bits per heavy atom. The molecule has 0 bridgehead atoms. The second-order valence-electron chi connectivity index (χ2n) is 5.34. The second kappa shape index (κ2) is 8.95. The summed E-state index contributed by atoms with van der Waals surface area (Å²) in [5.41, 5.74) is 4.39. The number of carboxylic acids is 1. The van der Waals surface area contributed by atoms with Crippen molar-refractivity contribution in [3.8, 4) is 5.75 Å². The predicted octanol–water partition coefficient (Wildman–Crippen LogP) is 1.60. The normalized spacial score (nSPS) is 14.0. The molecule has 0 aliphatic carbocycles. The number of carboxylic acid groups (broad SMARTS) is 1. The molecular weight excluding hydrogens is 361 g/mol. The van der Waals surface area contributed by atoms with Crippen molar-refractivity contribution in [2.45, 2.75) is 31.1 Å². The number of phenolic OH excluding ortho intramolecular Hbond substituents is 1. The third kappa shape index (κ3) is 6.46. The first kappa shape index (κ1) is 21.1. The van der Waals surface area contributed by atoms with Gasteiger partial charge in [0, 0.05) is 6.42 Å². The summed E-state index contributed by atoms with van der Waals surface area (Å²) in [5.74, 6) is -2.42. The van der Waals surface area contributed by atoms with E-state index in [1.165, 1.54) is 17.8 Å². The van der Waals surface area contributed by atoms with E-state index in [0.717, 1.165) is 6.07 Å². The second-order valence-corrected chi connectivity index (χ2v) is 6.33. The van der Waals surface area contributed by atoms with Crippen molar-refractivity contribution < 1.29 is 33.0 Å². The summed E-state index contributed by atoms with van der Waals surface area (Å²) in [6, 6.07) is 0.326. The molecule has 0 unspecified atom stereocenters. The van der Waals surface area contributed by atoms with Crippen LogP contribution in [-0.2, 0) is 22.2 Å². The molecule has 140 valence electrons. The molecule has 6 nitrogen and oxygen atoms in total. The van der Waals surface area contributed by atoms with E-state index in [9.17, 15) is 33.0 Å². The van der Waals surface area contributed by atoms with Crippen molar-refractivity contribution in [3.05, 3.63) is 29.3 Å². The summed E-state index contributed by atoms with van der Waals surface area (Å²) in [6.45, 7) is 0. The summed E-state index contributed by atoms with van der Waals surface area (Å²) in [5, 5.41) is 20.7. The van der Waals surface area contributed by atoms with Crippen LogP contribution in [0, 0.1) is 0 Å². The molecule has 25 heavy (non-hydrogen) atoms. The molecule has 0 heterocycles. The summed E-state index contributed by atoms with van der Waals surface area (Å²) >= 11 is 1.47. The summed E-state index contributed by atoms with van der Waals surface area (Å²) in [6.07, 6.45) is -2.98. The monoisotopic (exact) mass is 380 g/mol. The Bertz CT molecular complexity index is 625. The van der Waals surface area contributed by atoms with Crippen LogP contribution in [0.1, 0.15) is 17.5 Å². The maximum absolute atomic E-state index is 12.8. The molecule has 5 N–H and O–H groups in total. The van der Waals surface area contributed by atoms with Gasteiger partial charge in [-0.3, -0.25) is 4.79 Å². The van der Waals surface area contributed by atoms with Gasteiger partial charge < -0.3 is 21.3 Å². The highest BCUT2D eigenvalue weighted by atomic mass is 32.2. The number of alkyl halides is 3. The minimum absolute atomic E-state index is 0.00973. The smallest absolute Gasteiger partial charge is 0.419 e. The number of nitrogens with one attached hydrogen (secondary N) is 1. The lowest BCUT2D eigenvalue weighted by Gasteiger charge is -2.18. The molecule has 2 atom stereocenters. The molecule has 0 saturated heterocycles. The topological polar surface area (TPSA) is 113 Å². The number of amides is 1. The highest BCUT2D eigenvalue weighted by molar-refractivity contribution is 7.98. The lowest BCUT2D eigenvalue weighted by atomic mass is 10.0. The van der Waals surface area contributed by atoms with Crippen LogP contribution in [0.15, 0.2) is 18.2 Å². The SMILES string of the molecule is CSCC[C@H](N)C(=O)N[C@@H](Cc1ccc(O)c(C(F)(F)F)c1)C(=O)O. The number of halogens is 3. The Kier molecular flexibility index (Phi) is 7.56. The zero-order valence-electron chi connectivity index (χ0n) is 13.3. The molecular formula is C15H19F3N2O4S. The Morgan fingerprint density at radius 3 is 2.52 bits per heavy atom. The molecule has 0 saturated carbocycles. The van der Waals surface area contributed by atoms with Crippen molar-refractivity contribution in [1.82, 2.24) is 5.32 Å². The van der Waals surface area contributed by atoms with Crippen molar-refractivity contribution >= 4 is 23.6 Å². The molecule has 1 aromatic carbocycles. The van der Waals surface area contributed by atoms with Crippen molar-refractivity contribution in [1.29, 1.82) is 0 Å². The molecule has 1 amide bonds. The number of phenols is 1. The van der Waals surface area contributed by atoms with E-state index in [2.05, 4.69) is 5.32 Å². The Morgan fingerprint density at radius 2 is 2.00 bits per heavy atom. The predicted molar refractivity (Wildman–Crippen MR) is 87.4 cm³/mol. The van der Waals surface area contributed by atoms with Crippen LogP contribution < -0.4 is 11.1 Å². The van der Waals surface area contributed by atoms with E-state index >= 15 is 0 Å². The van der Waals surface area contributed by atoms with Crippen molar-refractivity contribution in [2.75, 3.05) is 12.0 Å². The average Bonchev–Trinajstić information content (AvgIpc) is 2.52. The van der Waals surface area contributed by atoms with E-state index < -0.39 is 41.4 Å². The van der Waals surface area contributed by atoms with Gasteiger partial charge >= 0.3 is 12.1 Å². The first-order chi connectivity index (χ1) is 11.6. The minimum atomic E-state index is -4.78. The zero-order chi connectivity index (χ0) is 19.2. The lowest BCUT2D eigenvalue weighted by Crippen LogP contribution is -2.49. The van der Waals surface area contributed by atoms with Gasteiger partial charge in [-0.1, -0.05) is 6.07 Å². The van der Waals surface area contributed by atoms with Gasteiger partial charge in [-0.05, 0) is 36.1 Å². The van der Waals surface area contributed by atoms with Gasteiger partial charge in [0.25, 0.3) is 0 Å². The van der Waals surface area contributed by atoms with Gasteiger partial charge in [-0.2, -0.15) is 24.9 Å². The van der Waals surface area contributed by atoms with Crippen molar-refractivity contribution in [3.63, 3.8) is 0 Å². The number of thioether (sulfide) groups is 1. The van der Waals surface area contributed by atoms with Gasteiger partial charge in [0.1, 0.15) is 11.8 Å². The summed E-state index contributed by atoms with van der Waals surface area (Å²) in [4.78, 5) is 23.2. The molecule has 0 fully saturated rings. The molecule has 0 spiro atoms. The third-order valence-electron chi connectivity index (χ3n) is 3.39. The van der Waals surface area contributed by atoms with Crippen LogP contribution in [0.2, 0.25) is 0 Å². The number of aromatic hydroxyl groups is 1. The minimum Gasteiger partial charge on any atom is -0.507 e. The largest absolute Gasteiger partial charge is 0.507 e. The molecule has 0 radical (unpaired) electrons. The molecule has 1 aromatic rings. The Labute approximate surface area is 146 Å². The quantitative estimate of drug-likeness (QED) is 0.545. The van der Waals surface area contributed by atoms with Gasteiger partial charge in [0.05, 0.1) is 11.6 Å². The maximum Gasteiger partial charge on any atom is 0.419 e. The fourth-order valence-electron chi connectivity index (χ4n) is 2.03. The van der Waals surface area contributed by atoms with Crippen LogP contribution in [0.4, 0.5) is 13.2 Å². The highest BCUT2D eigenvalue weighted by Gasteiger charge is 2.34. The summed E-state index contributed by atoms with van der Waals surface area (Å²) < 4.78 is 38.4. The number of carbonyl (C=O) groups is 2. The fourth-order valence-corrected chi connectivity index (χ4v) is 2.52. The van der Waals surface area contributed by atoms with Crippen LogP contribution in [0.5, 0.6) is 5.75 Å². The van der Waals surface area contributed by atoms with E-state index in [0.29, 0.717) is 18.2 Å². The van der Waals surface area contributed by atoms with Crippen LogP contribution in [-0.4, -0.2) is 46.2 Å². The van der Waals surface area contributed by atoms with Gasteiger partial charge in [-0.25, -0.2) is 4.79 Å². The number of hydrogen-bond donors (Lipinski definition) is 4. The fraction of sp³-hybridized carbons (Fsp3) is 0.467. The molecule has 10 heteroatoms. The van der Waals surface area contributed by atoms with Crippen LogP contribution in [0.25, 0.3) is 0 Å². The number of carbonyl (C=O) groups excluding carboxylic acids is 1. The third-order valence-corrected chi connectivity index (χ3v) is 4.03.